The molecular weight excluding hydrogens is 351 g/mol. The van der Waals surface area contributed by atoms with E-state index in [0.29, 0.717) is 0 Å². The molecule has 2 fully saturated rings. The third-order valence-electron chi connectivity index (χ3n) is 4.85. The van der Waals surface area contributed by atoms with E-state index in [4.69, 9.17) is 16.3 Å². The average molecular weight is 373 g/mol. The lowest BCUT2D eigenvalue weighted by Gasteiger charge is -2.30. The summed E-state index contributed by atoms with van der Waals surface area (Å²) in [5.41, 5.74) is 0.251. The zero-order valence-electron chi connectivity index (χ0n) is 13.7. The smallest absolute Gasteiger partial charge is 0.251 e. The van der Waals surface area contributed by atoms with E-state index < -0.39 is 30.0 Å². The van der Waals surface area contributed by atoms with Gasteiger partial charge >= 0.3 is 0 Å². The summed E-state index contributed by atoms with van der Waals surface area (Å²) in [6, 6.07) is 3.50. The van der Waals surface area contributed by atoms with Crippen molar-refractivity contribution in [2.75, 3.05) is 26.2 Å². The highest BCUT2D eigenvalue weighted by atomic mass is 35.5. The van der Waals surface area contributed by atoms with Gasteiger partial charge in [0.2, 0.25) is 0 Å². The lowest BCUT2D eigenvalue weighted by atomic mass is 10.0. The van der Waals surface area contributed by atoms with E-state index in [1.54, 1.807) is 0 Å². The van der Waals surface area contributed by atoms with Gasteiger partial charge in [-0.25, -0.2) is 4.39 Å². The first-order valence-electron chi connectivity index (χ1n) is 8.43. The molecule has 0 radical (unpaired) electrons. The van der Waals surface area contributed by atoms with Crippen molar-refractivity contribution in [1.29, 1.82) is 0 Å². The first kappa shape index (κ1) is 18.5. The Morgan fingerprint density at radius 2 is 2.08 bits per heavy atom. The molecule has 2 saturated heterocycles. The highest BCUT2D eigenvalue weighted by Crippen LogP contribution is 2.28. The van der Waals surface area contributed by atoms with Gasteiger partial charge in [-0.1, -0.05) is 11.6 Å². The molecule has 0 spiro atoms. The van der Waals surface area contributed by atoms with Gasteiger partial charge in [0.25, 0.3) is 5.91 Å². The number of carbonyl (C=O) groups excluding carboxylic acids is 1. The molecule has 0 aliphatic carbocycles. The predicted octanol–water partition coefficient (Wildman–Crippen LogP) is 0.794. The third kappa shape index (κ3) is 3.96. The molecule has 2 aliphatic rings. The van der Waals surface area contributed by atoms with Gasteiger partial charge in [-0.3, -0.25) is 9.69 Å². The number of benzene rings is 1. The molecule has 0 unspecified atom stereocenters. The first-order valence-corrected chi connectivity index (χ1v) is 8.80. The van der Waals surface area contributed by atoms with Gasteiger partial charge in [-0.2, -0.15) is 0 Å². The van der Waals surface area contributed by atoms with Gasteiger partial charge in [0.05, 0.1) is 23.8 Å². The van der Waals surface area contributed by atoms with Crippen LogP contribution in [0.3, 0.4) is 0 Å². The second kappa shape index (κ2) is 7.97. The van der Waals surface area contributed by atoms with Crippen LogP contribution in [0.2, 0.25) is 5.02 Å². The van der Waals surface area contributed by atoms with E-state index >= 15 is 0 Å². The van der Waals surface area contributed by atoms with Crippen LogP contribution >= 0.6 is 11.6 Å². The monoisotopic (exact) mass is 372 g/mol. The number of nitrogens with zero attached hydrogens (tertiary/aromatic N) is 1. The van der Waals surface area contributed by atoms with Gasteiger partial charge in [0.1, 0.15) is 18.0 Å². The van der Waals surface area contributed by atoms with Gasteiger partial charge in [0.15, 0.2) is 0 Å². The fourth-order valence-corrected chi connectivity index (χ4v) is 3.75. The highest BCUT2D eigenvalue weighted by Gasteiger charge is 2.46. The summed E-state index contributed by atoms with van der Waals surface area (Å²) in [6.07, 6.45) is 0.225. The zero-order valence-corrected chi connectivity index (χ0v) is 14.5. The standard InChI is InChI=1S/C17H22ClFN2O4/c18-11-7-10(3-4-12(11)19)17(24)20-8-13-15(21-5-1-2-6-21)16(23)14(9-22)25-13/h3-4,7,13-16,22-23H,1-2,5-6,8-9H2,(H,20,24)/t13-,14+,15+,16-/m1/s1. The molecule has 138 valence electrons. The number of likely N-dealkylation sites (tertiary alicyclic amines) is 1. The maximum atomic E-state index is 13.2. The predicted molar refractivity (Wildman–Crippen MR) is 90.1 cm³/mol. The number of rotatable bonds is 5. The first-order chi connectivity index (χ1) is 12.0. The highest BCUT2D eigenvalue weighted by molar-refractivity contribution is 6.31. The number of aliphatic hydroxyl groups excluding tert-OH is 2. The van der Waals surface area contributed by atoms with Crippen molar-refractivity contribution in [2.24, 2.45) is 0 Å². The van der Waals surface area contributed by atoms with E-state index in [2.05, 4.69) is 10.2 Å². The molecule has 4 atom stereocenters. The molecule has 6 nitrogen and oxygen atoms in total. The van der Waals surface area contributed by atoms with Crippen LogP contribution in [-0.2, 0) is 4.74 Å². The van der Waals surface area contributed by atoms with E-state index in [1.165, 1.54) is 12.1 Å². The van der Waals surface area contributed by atoms with Crippen molar-refractivity contribution in [2.45, 2.75) is 37.2 Å². The minimum absolute atomic E-state index is 0.115. The lowest BCUT2D eigenvalue weighted by Crippen LogP contribution is -2.50. The Morgan fingerprint density at radius 1 is 1.36 bits per heavy atom. The minimum atomic E-state index is -0.801. The normalized spacial score (nSPS) is 29.9. The Labute approximate surface area is 150 Å². The fourth-order valence-electron chi connectivity index (χ4n) is 3.57. The number of halogens is 2. The molecule has 3 rings (SSSR count). The van der Waals surface area contributed by atoms with Crippen LogP contribution in [0, 0.1) is 5.82 Å². The Bertz CT molecular complexity index is 627. The number of hydrogen-bond donors (Lipinski definition) is 3. The van der Waals surface area contributed by atoms with E-state index in [0.717, 1.165) is 32.0 Å². The topological polar surface area (TPSA) is 82.0 Å². The fraction of sp³-hybridized carbons (Fsp3) is 0.588. The molecule has 1 aromatic rings. The number of hydrogen-bond acceptors (Lipinski definition) is 5. The van der Waals surface area contributed by atoms with Gasteiger partial charge in [0, 0.05) is 12.1 Å². The van der Waals surface area contributed by atoms with Gasteiger partial charge in [-0.05, 0) is 44.1 Å². The number of amides is 1. The Morgan fingerprint density at radius 3 is 2.72 bits per heavy atom. The van der Waals surface area contributed by atoms with Crippen LogP contribution in [0.4, 0.5) is 4.39 Å². The van der Waals surface area contributed by atoms with Crippen LogP contribution in [0.5, 0.6) is 0 Å². The van der Waals surface area contributed by atoms with Crippen LogP contribution in [-0.4, -0.2) is 71.6 Å². The molecule has 1 amide bonds. The zero-order chi connectivity index (χ0) is 18.0. The largest absolute Gasteiger partial charge is 0.394 e. The lowest BCUT2D eigenvalue weighted by molar-refractivity contribution is -0.0209. The van der Waals surface area contributed by atoms with E-state index in [9.17, 15) is 19.4 Å². The van der Waals surface area contributed by atoms with Crippen molar-refractivity contribution in [3.63, 3.8) is 0 Å². The van der Waals surface area contributed by atoms with Crippen LogP contribution in [0.15, 0.2) is 18.2 Å². The molecule has 2 aliphatic heterocycles. The summed E-state index contributed by atoms with van der Waals surface area (Å²) in [5.74, 6) is -0.979. The van der Waals surface area contributed by atoms with Crippen LogP contribution < -0.4 is 5.32 Å². The van der Waals surface area contributed by atoms with Crippen molar-refractivity contribution in [3.8, 4) is 0 Å². The summed E-state index contributed by atoms with van der Waals surface area (Å²) < 4.78 is 18.9. The molecule has 0 saturated carbocycles. The quantitative estimate of drug-likeness (QED) is 0.712. The van der Waals surface area contributed by atoms with Crippen molar-refractivity contribution < 1.29 is 24.1 Å². The number of nitrogens with one attached hydrogen (secondary N) is 1. The second-order valence-corrected chi connectivity index (χ2v) is 6.87. The van der Waals surface area contributed by atoms with E-state index in [1.807, 2.05) is 0 Å². The summed E-state index contributed by atoms with van der Waals surface area (Å²) in [6.45, 7) is 1.63. The molecule has 2 heterocycles. The SMILES string of the molecule is O=C(NC[C@H]1O[C@@H](CO)[C@@H](O)[C@H]1N1CCCC1)c1ccc(F)c(Cl)c1. The van der Waals surface area contributed by atoms with Crippen LogP contribution in [0.25, 0.3) is 0 Å². The Balaban J connectivity index is 1.65. The maximum Gasteiger partial charge on any atom is 0.251 e. The summed E-state index contributed by atoms with van der Waals surface area (Å²) in [7, 11) is 0. The van der Waals surface area contributed by atoms with Gasteiger partial charge in [-0.15, -0.1) is 0 Å². The second-order valence-electron chi connectivity index (χ2n) is 6.46. The number of carbonyl (C=O) groups is 1. The molecule has 8 heteroatoms. The third-order valence-corrected chi connectivity index (χ3v) is 5.14. The van der Waals surface area contributed by atoms with Gasteiger partial charge < -0.3 is 20.3 Å². The van der Waals surface area contributed by atoms with E-state index in [-0.39, 0.29) is 29.8 Å². The van der Waals surface area contributed by atoms with Crippen LogP contribution in [0.1, 0.15) is 23.2 Å². The molecule has 1 aromatic carbocycles. The van der Waals surface area contributed by atoms with Crippen molar-refractivity contribution in [1.82, 2.24) is 10.2 Å². The van der Waals surface area contributed by atoms with Crippen molar-refractivity contribution in [3.05, 3.63) is 34.6 Å². The summed E-state index contributed by atoms with van der Waals surface area (Å²) in [4.78, 5) is 14.4. The number of aliphatic hydroxyl groups is 2. The molecular formula is C17H22ClFN2O4. The molecule has 0 bridgehead atoms. The summed E-state index contributed by atoms with van der Waals surface area (Å²) in [5, 5.41) is 22.4. The molecule has 25 heavy (non-hydrogen) atoms. The average Bonchev–Trinajstić information content (AvgIpc) is 3.22. The molecule has 3 N–H and O–H groups in total. The molecule has 0 aromatic heterocycles. The minimum Gasteiger partial charge on any atom is -0.394 e. The number of ether oxygens (including phenoxy) is 1. The Kier molecular flexibility index (Phi) is 5.91. The maximum absolute atomic E-state index is 13.2. The summed E-state index contributed by atoms with van der Waals surface area (Å²) >= 11 is 5.70. The van der Waals surface area contributed by atoms with Crippen molar-refractivity contribution >= 4 is 17.5 Å². The Hall–Kier alpha value is -1.25.